The number of aromatic nitrogens is 1. The van der Waals surface area contributed by atoms with Crippen LogP contribution in [0.3, 0.4) is 0 Å². The van der Waals surface area contributed by atoms with E-state index >= 15 is 0 Å². The lowest BCUT2D eigenvalue weighted by Gasteiger charge is -2.24. The van der Waals surface area contributed by atoms with E-state index < -0.39 is 0 Å². The van der Waals surface area contributed by atoms with Gasteiger partial charge in [-0.1, -0.05) is 193 Å². The topological polar surface area (TPSA) is 92.3 Å². The van der Waals surface area contributed by atoms with E-state index in [2.05, 4.69) is 197 Å². The maximum atomic E-state index is 13.7. The summed E-state index contributed by atoms with van der Waals surface area (Å²) in [5.41, 5.74) is 15.7. The molecule has 0 bridgehead atoms. The first-order chi connectivity index (χ1) is 43.1. The molecule has 1 aromatic heterocycles. The van der Waals surface area contributed by atoms with Crippen molar-refractivity contribution in [2.75, 3.05) is 63.4 Å². The molecule has 0 unspecified atom stereocenters. The predicted molar refractivity (Wildman–Crippen MR) is 376 cm³/mol. The molecule has 8 aromatic rings. The van der Waals surface area contributed by atoms with Crippen LogP contribution in [0.25, 0.3) is 10.9 Å². The average molecular weight is 1260 g/mol. The quantitative estimate of drug-likeness (QED) is 0.162. The number of hydrogen-bond acceptors (Lipinski definition) is 9. The number of anilines is 2. The Morgan fingerprint density at radius 2 is 0.944 bits per heavy atom. The Labute approximate surface area is 547 Å². The van der Waals surface area contributed by atoms with Crippen LogP contribution in [0, 0.1) is 12.7 Å². The normalized spacial score (nSPS) is 13.7. The zero-order valence-corrected chi connectivity index (χ0v) is 57.6. The first-order valence-corrected chi connectivity index (χ1v) is 33.3. The summed E-state index contributed by atoms with van der Waals surface area (Å²) in [5.74, 6) is 8.51. The number of ether oxygens (including phenoxy) is 6. The van der Waals surface area contributed by atoms with E-state index in [4.69, 9.17) is 51.6 Å². The predicted octanol–water partition coefficient (Wildman–Crippen LogP) is 21.6. The minimum Gasteiger partial charge on any atom is -0.493 e. The number of halogens is 3. The lowest BCUT2D eigenvalue weighted by atomic mass is 9.95. The van der Waals surface area contributed by atoms with Crippen LogP contribution in [0.5, 0.6) is 34.5 Å². The van der Waals surface area contributed by atoms with Gasteiger partial charge in [0.25, 0.3) is 0 Å². The summed E-state index contributed by atoms with van der Waals surface area (Å²) in [4.78, 5) is 4.53. The molecule has 13 rings (SSSR count). The van der Waals surface area contributed by atoms with Crippen molar-refractivity contribution in [1.82, 2.24) is 4.98 Å². The van der Waals surface area contributed by atoms with Crippen LogP contribution in [0.15, 0.2) is 134 Å². The minimum atomic E-state index is -0.258. The van der Waals surface area contributed by atoms with Crippen LogP contribution >= 0.6 is 23.2 Å². The molecule has 12 heteroatoms. The van der Waals surface area contributed by atoms with E-state index in [1.54, 1.807) is 6.07 Å². The van der Waals surface area contributed by atoms with Gasteiger partial charge in [-0.3, -0.25) is 4.98 Å². The van der Waals surface area contributed by atoms with E-state index in [1.807, 2.05) is 49.5 Å². The van der Waals surface area contributed by atoms with Gasteiger partial charge in [0, 0.05) is 36.1 Å². The Bertz CT molecular complexity index is 3480. The lowest BCUT2D eigenvalue weighted by molar-refractivity contribution is 0.171. The summed E-state index contributed by atoms with van der Waals surface area (Å²) in [6.45, 7) is 38.2. The first-order valence-electron chi connectivity index (χ1n) is 32.5. The third kappa shape index (κ3) is 19.4. The third-order valence-corrected chi connectivity index (χ3v) is 16.9. The summed E-state index contributed by atoms with van der Waals surface area (Å²) in [5, 5.41) is 9.31. The molecule has 0 spiro atoms. The Balaban J connectivity index is 0.000000150. The molecule has 0 radical (unpaired) electrons. The second kappa shape index (κ2) is 34.3. The maximum absolute atomic E-state index is 13.7. The standard InChI is InChI=1S/C14H15NO.C12H16FNO.C12H16O.C11H14ClNO.C11H14O2.C9H11Cl.C9H12/c1-9(2)11-3-4-12-13-10(6-8-16-12)5-7-15-14(11)13;1-7(2)9-6-10(13)12-11(8(9)3)14-4-5-15-12;1-9(2)10-5-6-12-11(8-10)4-3-7-13-12;1-7(2)8-3-4-9-11(10(8)12)13-5-6-14-9;1-8(2)9-3-4-10-11(7-9)13-6-5-12-10;1-7(2)8-3-5-9(10)6-4-8;1-8(2)9-6-4-3-5-7-9/h3-5,7,9H,6,8H2,1-2H3;6-7,14H,4-5H2,1-3H3;5-6,8-9H,3-4,7H2,1-2H3;3-4,7,13H,5-6H2,1-2H3;3-4,7-8H,5-6H2,1-2H3;3-7H,1-2H3;3-8H,1-2H3. The molecular weight excluding hydrogens is 1160 g/mol. The van der Waals surface area contributed by atoms with Crippen LogP contribution in [-0.4, -0.2) is 57.7 Å². The van der Waals surface area contributed by atoms with Gasteiger partial charge in [-0.15, -0.1) is 0 Å². The van der Waals surface area contributed by atoms with Gasteiger partial charge in [-0.05, 0) is 171 Å². The van der Waals surface area contributed by atoms with E-state index in [1.165, 1.54) is 56.3 Å². The number of hydrogen-bond donors (Lipinski definition) is 2. The molecule has 5 aliphatic rings. The first kappa shape index (κ1) is 70.3. The van der Waals surface area contributed by atoms with Gasteiger partial charge in [-0.2, -0.15) is 0 Å². The van der Waals surface area contributed by atoms with Gasteiger partial charge in [0.15, 0.2) is 23.1 Å². The highest BCUT2D eigenvalue weighted by Gasteiger charge is 2.22. The molecule has 5 aliphatic heterocycles. The van der Waals surface area contributed by atoms with E-state index in [0.29, 0.717) is 73.6 Å². The summed E-state index contributed by atoms with van der Waals surface area (Å²) < 4.78 is 46.7. The van der Waals surface area contributed by atoms with Gasteiger partial charge < -0.3 is 39.1 Å². The van der Waals surface area contributed by atoms with Crippen LogP contribution in [0.4, 0.5) is 15.8 Å². The molecule has 482 valence electrons. The van der Waals surface area contributed by atoms with Gasteiger partial charge in [0.2, 0.25) is 0 Å². The zero-order chi connectivity index (χ0) is 65.0. The van der Waals surface area contributed by atoms with E-state index in [9.17, 15) is 4.39 Å². The lowest BCUT2D eigenvalue weighted by Crippen LogP contribution is -2.20. The molecule has 9 nitrogen and oxygen atoms in total. The van der Waals surface area contributed by atoms with Gasteiger partial charge >= 0.3 is 0 Å². The summed E-state index contributed by atoms with van der Waals surface area (Å²) in [6, 6.07) is 43.2. The van der Waals surface area contributed by atoms with Crippen molar-refractivity contribution >= 4 is 45.5 Å². The number of nitrogens with one attached hydrogen (secondary N) is 2. The van der Waals surface area contributed by atoms with Crippen molar-refractivity contribution < 1.29 is 32.8 Å². The molecule has 7 aromatic carbocycles. The number of benzene rings is 7. The fourth-order valence-electron chi connectivity index (χ4n) is 10.9. The van der Waals surface area contributed by atoms with E-state index in [-0.39, 0.29) is 5.82 Å². The molecule has 0 fully saturated rings. The molecule has 0 amide bonds. The molecule has 0 saturated heterocycles. The minimum absolute atomic E-state index is 0.258. The van der Waals surface area contributed by atoms with Crippen LogP contribution in [0.1, 0.15) is 200 Å². The van der Waals surface area contributed by atoms with Crippen molar-refractivity contribution in [2.45, 2.75) is 165 Å². The van der Waals surface area contributed by atoms with Crippen molar-refractivity contribution in [1.29, 1.82) is 0 Å². The van der Waals surface area contributed by atoms with E-state index in [0.717, 1.165) is 106 Å². The second-order valence-electron chi connectivity index (χ2n) is 25.4. The Hall–Kier alpha value is -7.14. The number of fused-ring (bicyclic) bond motifs is 4. The molecule has 6 heterocycles. The molecular formula is C78H98Cl2FN3O6. The molecule has 0 aliphatic carbocycles. The Morgan fingerprint density at radius 1 is 0.422 bits per heavy atom. The summed E-state index contributed by atoms with van der Waals surface area (Å²) >= 11 is 12.0. The maximum Gasteiger partial charge on any atom is 0.178 e. The largest absolute Gasteiger partial charge is 0.493 e. The summed E-state index contributed by atoms with van der Waals surface area (Å²) in [6.07, 6.45) is 5.25. The number of aryl methyl sites for hydroxylation is 1. The highest BCUT2D eigenvalue weighted by atomic mass is 35.5. The number of nitrogens with zero attached hydrogens (tertiary/aromatic N) is 1. The Kier molecular flexibility index (Phi) is 26.8. The van der Waals surface area contributed by atoms with Gasteiger partial charge in [-0.25, -0.2) is 4.39 Å². The second-order valence-corrected chi connectivity index (χ2v) is 26.2. The molecule has 90 heavy (non-hydrogen) atoms. The van der Waals surface area contributed by atoms with Crippen molar-refractivity contribution in [2.24, 2.45) is 0 Å². The SMILES string of the molecule is CC(C)c1ccc(Cl)cc1.CC(C)c1ccc2c(c1)CCCO2.CC(C)c1ccc2c(c1)OCCO2.CC(C)c1ccc2c(c1Cl)NCCO2.CC(C)c1ccc2c3c(ccnc13)CCO2.CC(C)c1ccccc1.Cc1c(C(C)C)cc(F)c2c1NCCO2. The van der Waals surface area contributed by atoms with Gasteiger partial charge in [0.05, 0.1) is 35.1 Å². The van der Waals surface area contributed by atoms with Crippen molar-refractivity contribution in [3.63, 3.8) is 0 Å². The molecule has 0 atom stereocenters. The molecule has 0 saturated carbocycles. The van der Waals surface area contributed by atoms with Crippen molar-refractivity contribution in [3.05, 3.63) is 205 Å². The Morgan fingerprint density at radius 3 is 1.58 bits per heavy atom. The third-order valence-electron chi connectivity index (χ3n) is 16.3. The van der Waals surface area contributed by atoms with Crippen LogP contribution in [-0.2, 0) is 12.8 Å². The highest BCUT2D eigenvalue weighted by Crippen LogP contribution is 2.41. The average Bonchev–Trinajstić information content (AvgIpc) is 1.05. The summed E-state index contributed by atoms with van der Waals surface area (Å²) in [7, 11) is 0. The fourth-order valence-corrected chi connectivity index (χ4v) is 11.5. The zero-order valence-electron chi connectivity index (χ0n) is 56.1. The van der Waals surface area contributed by atoms with Gasteiger partial charge in [0.1, 0.15) is 43.7 Å². The number of pyridine rings is 1. The smallest absolute Gasteiger partial charge is 0.178 e. The monoisotopic (exact) mass is 1260 g/mol. The van der Waals surface area contributed by atoms with Crippen LogP contribution < -0.4 is 39.1 Å². The van der Waals surface area contributed by atoms with Crippen molar-refractivity contribution in [3.8, 4) is 34.5 Å². The van der Waals surface area contributed by atoms with Crippen LogP contribution in [0.2, 0.25) is 10.0 Å². The number of rotatable bonds is 7. The fraction of sp³-hybridized carbons (Fsp3) is 0.423. The molecule has 2 N–H and O–H groups in total. The highest BCUT2D eigenvalue weighted by molar-refractivity contribution is 6.34.